The highest BCUT2D eigenvalue weighted by Crippen LogP contribution is 2.57. The van der Waals surface area contributed by atoms with Gasteiger partial charge in [0.1, 0.15) is 17.5 Å². The topological polar surface area (TPSA) is 189 Å². The molecule has 2 fully saturated rings. The smallest absolute Gasteiger partial charge is 0.341 e. The Labute approximate surface area is 275 Å². The first-order chi connectivity index (χ1) is 21.9. The normalized spacial score (nSPS) is 33.3. The van der Waals surface area contributed by atoms with Crippen molar-refractivity contribution in [3.05, 3.63) is 22.8 Å². The van der Waals surface area contributed by atoms with Gasteiger partial charge in [-0.25, -0.2) is 9.59 Å². The summed E-state index contributed by atoms with van der Waals surface area (Å²) in [6, 6.07) is 0. The van der Waals surface area contributed by atoms with Crippen LogP contribution in [0.4, 0.5) is 0 Å². The molecule has 0 amide bonds. The van der Waals surface area contributed by atoms with Gasteiger partial charge in [-0.1, -0.05) is 19.9 Å². The van der Waals surface area contributed by atoms with E-state index in [2.05, 4.69) is 0 Å². The van der Waals surface area contributed by atoms with Crippen molar-refractivity contribution < 1.29 is 62.7 Å². The number of ketones is 1. The average molecular weight is 665 g/mol. The number of allylic oxidation sites excluding steroid dienone is 1. The van der Waals surface area contributed by atoms with Gasteiger partial charge in [0, 0.05) is 44.6 Å². The fourth-order valence-electron chi connectivity index (χ4n) is 6.86. The molecule has 8 atom stereocenters. The summed E-state index contributed by atoms with van der Waals surface area (Å²) < 4.78 is 29.1. The molecule has 1 saturated heterocycles. The molecular formula is C34H48O13. The number of carbonyl (C=O) groups is 6. The lowest BCUT2D eigenvalue weighted by Gasteiger charge is -2.41. The minimum absolute atomic E-state index is 0.00107. The summed E-state index contributed by atoms with van der Waals surface area (Å²) in [5.41, 5.74) is -6.40. The van der Waals surface area contributed by atoms with E-state index in [1.807, 2.05) is 6.92 Å². The summed E-state index contributed by atoms with van der Waals surface area (Å²) >= 11 is 0. The quantitative estimate of drug-likeness (QED) is 0.127. The Balaban J connectivity index is 2.23. The lowest BCUT2D eigenvalue weighted by Crippen LogP contribution is -2.64. The lowest BCUT2D eigenvalue weighted by atomic mass is 9.75. The first-order valence-corrected chi connectivity index (χ1v) is 16.2. The molecule has 3 rings (SSSR count). The maximum Gasteiger partial charge on any atom is 0.341 e. The van der Waals surface area contributed by atoms with E-state index in [0.29, 0.717) is 19.3 Å². The first kappa shape index (κ1) is 37.9. The summed E-state index contributed by atoms with van der Waals surface area (Å²) in [5.74, 6) is -5.40. The van der Waals surface area contributed by atoms with E-state index in [-0.39, 0.29) is 48.2 Å². The van der Waals surface area contributed by atoms with Crippen LogP contribution in [0.3, 0.4) is 0 Å². The van der Waals surface area contributed by atoms with Gasteiger partial charge in [-0.2, -0.15) is 0 Å². The van der Waals surface area contributed by atoms with Gasteiger partial charge >= 0.3 is 29.8 Å². The molecule has 1 saturated carbocycles. The van der Waals surface area contributed by atoms with Crippen LogP contribution in [-0.4, -0.2) is 87.1 Å². The number of hydrogen-bond donors (Lipinski definition) is 2. The van der Waals surface area contributed by atoms with Crippen molar-refractivity contribution in [3.8, 4) is 0 Å². The minimum atomic E-state index is -2.61. The third kappa shape index (κ3) is 7.30. The van der Waals surface area contributed by atoms with Gasteiger partial charge in [0.05, 0.1) is 5.92 Å². The number of carbonyl (C=O) groups excluding carboxylic acids is 6. The van der Waals surface area contributed by atoms with E-state index >= 15 is 0 Å². The highest BCUT2D eigenvalue weighted by atomic mass is 16.6. The van der Waals surface area contributed by atoms with Crippen LogP contribution >= 0.6 is 0 Å². The summed E-state index contributed by atoms with van der Waals surface area (Å²) in [5, 5.41) is 23.8. The Hall–Kier alpha value is -3.58. The molecule has 0 bridgehead atoms. The Bertz CT molecular complexity index is 1340. The predicted molar refractivity (Wildman–Crippen MR) is 164 cm³/mol. The van der Waals surface area contributed by atoms with Crippen molar-refractivity contribution in [2.75, 3.05) is 0 Å². The molecular weight excluding hydrogens is 616 g/mol. The van der Waals surface area contributed by atoms with Crippen molar-refractivity contribution in [1.82, 2.24) is 0 Å². The predicted octanol–water partition coefficient (Wildman–Crippen LogP) is 3.11. The molecule has 2 aliphatic carbocycles. The molecule has 0 unspecified atom stereocenters. The van der Waals surface area contributed by atoms with Gasteiger partial charge in [-0.15, -0.1) is 0 Å². The molecule has 13 heteroatoms. The molecule has 262 valence electrons. The van der Waals surface area contributed by atoms with Crippen LogP contribution in [0.15, 0.2) is 22.8 Å². The van der Waals surface area contributed by atoms with Crippen LogP contribution < -0.4 is 0 Å². The molecule has 1 aliphatic heterocycles. The zero-order valence-electron chi connectivity index (χ0n) is 28.5. The highest BCUT2D eigenvalue weighted by Gasteiger charge is 2.76. The van der Waals surface area contributed by atoms with Crippen LogP contribution in [0.25, 0.3) is 0 Å². The summed E-state index contributed by atoms with van der Waals surface area (Å²) in [6.45, 7) is 12.0. The van der Waals surface area contributed by atoms with Crippen molar-refractivity contribution in [2.24, 2.45) is 5.92 Å². The molecule has 3 aliphatic rings. The molecule has 0 radical (unpaired) electrons. The van der Waals surface area contributed by atoms with Crippen molar-refractivity contribution >= 4 is 35.6 Å². The third-order valence-electron chi connectivity index (χ3n) is 9.39. The molecule has 0 spiro atoms. The molecule has 13 nitrogen and oxygen atoms in total. The number of hydrogen-bond acceptors (Lipinski definition) is 13. The average Bonchev–Trinajstić information content (AvgIpc) is 3.30. The molecule has 47 heavy (non-hydrogen) atoms. The zero-order chi connectivity index (χ0) is 35.5. The summed E-state index contributed by atoms with van der Waals surface area (Å²) in [7, 11) is 0. The Morgan fingerprint density at radius 2 is 1.55 bits per heavy atom. The zero-order valence-corrected chi connectivity index (χ0v) is 28.5. The van der Waals surface area contributed by atoms with Gasteiger partial charge in [-0.3, -0.25) is 19.2 Å². The van der Waals surface area contributed by atoms with Crippen molar-refractivity contribution in [3.63, 3.8) is 0 Å². The van der Waals surface area contributed by atoms with E-state index in [1.165, 1.54) is 26.8 Å². The van der Waals surface area contributed by atoms with Gasteiger partial charge in [0.25, 0.3) is 0 Å². The lowest BCUT2D eigenvalue weighted by molar-refractivity contribution is -0.212. The fraction of sp³-hybridized carbons (Fsp3) is 0.706. The number of Topliss-reactive ketones (excluding diaryl/α,β-unsaturated/α-hetero) is 1. The summed E-state index contributed by atoms with van der Waals surface area (Å²) in [6.07, 6.45) is -3.32. The number of ether oxygens (including phenoxy) is 5. The van der Waals surface area contributed by atoms with Gasteiger partial charge in [0.2, 0.25) is 0 Å². The number of aliphatic hydroxyl groups is 2. The van der Waals surface area contributed by atoms with E-state index in [4.69, 9.17) is 23.7 Å². The Morgan fingerprint density at radius 1 is 0.936 bits per heavy atom. The van der Waals surface area contributed by atoms with Gasteiger partial charge in [-0.05, 0) is 65.0 Å². The third-order valence-corrected chi connectivity index (χ3v) is 9.39. The van der Waals surface area contributed by atoms with E-state index < -0.39 is 83.4 Å². The fourth-order valence-corrected chi connectivity index (χ4v) is 6.86. The van der Waals surface area contributed by atoms with Gasteiger partial charge < -0.3 is 33.9 Å². The van der Waals surface area contributed by atoms with Crippen molar-refractivity contribution in [1.29, 1.82) is 0 Å². The Kier molecular flexibility index (Phi) is 11.8. The second-order valence-corrected chi connectivity index (χ2v) is 13.0. The maximum atomic E-state index is 13.3. The molecule has 0 aromatic rings. The second kappa shape index (κ2) is 14.7. The van der Waals surface area contributed by atoms with Crippen LogP contribution in [0.2, 0.25) is 0 Å². The number of fused-ring (bicyclic) bond motifs is 3. The first-order valence-electron chi connectivity index (χ1n) is 16.2. The number of rotatable bonds is 13. The monoisotopic (exact) mass is 664 g/mol. The standard InChI is InChI=1S/C34H48O13/c1-9-13-21(36)15-12-16-24(38)44-28-26-25(19(5)27(28)45-30(39)18(4)11-3)29-34(42,33(8,41)31(40)46-29)22(43-23(37)14-10-2)17-32(26,7)47-20(6)35/h11,22,26-29,41-42H,9-10,12-17H2,1-8H3/b18-11-/t22-,26+,27-,28-,29-,32-,33+,34+/m0/s1. The number of esters is 5. The second-order valence-electron chi connectivity index (χ2n) is 13.0. The Morgan fingerprint density at radius 3 is 2.13 bits per heavy atom. The SMILES string of the molecule is C/C=C(/C)C(=O)O[C@H]1C(C)=C2[C@H]([C@@H]1OC(=O)CCCC(=O)CCC)[C@@](C)(OC(C)=O)C[C@H](OC(=O)CCC)[C@@]1(O)[C@H]2OC(=O)[C@@]1(C)O. The van der Waals surface area contributed by atoms with E-state index in [9.17, 15) is 39.0 Å². The molecule has 1 heterocycles. The van der Waals surface area contributed by atoms with Crippen LogP contribution in [-0.2, 0) is 52.5 Å². The molecule has 0 aromatic carbocycles. The van der Waals surface area contributed by atoms with Gasteiger partial charge in [0.15, 0.2) is 29.5 Å². The van der Waals surface area contributed by atoms with Crippen molar-refractivity contribution in [2.45, 2.75) is 148 Å². The van der Waals surface area contributed by atoms with Crippen LogP contribution in [0, 0.1) is 5.92 Å². The molecule has 0 aromatic heterocycles. The maximum absolute atomic E-state index is 13.3. The van der Waals surface area contributed by atoms with Crippen LogP contribution in [0.5, 0.6) is 0 Å². The summed E-state index contributed by atoms with van der Waals surface area (Å²) in [4.78, 5) is 77.1. The van der Waals surface area contributed by atoms with E-state index in [1.54, 1.807) is 13.8 Å². The minimum Gasteiger partial charge on any atom is -0.459 e. The van der Waals surface area contributed by atoms with Crippen LogP contribution in [0.1, 0.15) is 107 Å². The largest absolute Gasteiger partial charge is 0.459 e. The highest BCUT2D eigenvalue weighted by molar-refractivity contribution is 5.88. The molecule has 2 N–H and O–H groups in total. The van der Waals surface area contributed by atoms with E-state index in [0.717, 1.165) is 13.8 Å².